The van der Waals surface area contributed by atoms with Crippen LogP contribution < -0.4 is 4.57 Å². The molecule has 0 atom stereocenters. The van der Waals surface area contributed by atoms with E-state index in [9.17, 15) is 0 Å². The molecule has 1 heteroatoms. The summed E-state index contributed by atoms with van der Waals surface area (Å²) in [7, 11) is 0. The number of hydrogen-bond donors (Lipinski definition) is 0. The lowest BCUT2D eigenvalue weighted by Crippen LogP contribution is -2.34. The molecule has 1 nitrogen and oxygen atoms in total. The smallest absolute Gasteiger partial charge is 0.171 e. The topological polar surface area (TPSA) is 3.88 Å². The normalized spacial score (nSPS) is 11.6. The Balaban J connectivity index is 2.25. The lowest BCUT2D eigenvalue weighted by molar-refractivity contribution is -0.698. The number of nitrogens with zero attached hydrogens (tertiary/aromatic N) is 1. The van der Waals surface area contributed by atoms with Gasteiger partial charge in [0.25, 0.3) is 0 Å². The van der Waals surface area contributed by atoms with Crippen LogP contribution in [-0.4, -0.2) is 0 Å². The van der Waals surface area contributed by atoms with E-state index in [1.807, 2.05) is 0 Å². The van der Waals surface area contributed by atoms with Crippen LogP contribution in [0.2, 0.25) is 0 Å². The molecule has 0 amide bonds. The van der Waals surface area contributed by atoms with E-state index in [1.165, 1.54) is 263 Å². The highest BCUT2D eigenvalue weighted by atomic mass is 14.9. The van der Waals surface area contributed by atoms with Crippen LogP contribution in [0.1, 0.15) is 276 Å². The molecular formula is C49H94N+. The van der Waals surface area contributed by atoms with Gasteiger partial charge in [-0.1, -0.05) is 239 Å². The van der Waals surface area contributed by atoms with Crippen LogP contribution in [0.4, 0.5) is 0 Å². The van der Waals surface area contributed by atoms with E-state index in [4.69, 9.17) is 0 Å². The zero-order chi connectivity index (χ0) is 35.8. The molecule has 0 spiro atoms. The van der Waals surface area contributed by atoms with Crippen molar-refractivity contribution in [1.82, 2.24) is 0 Å². The van der Waals surface area contributed by atoms with Gasteiger partial charge in [-0.05, 0) is 38.2 Å². The first-order valence-corrected chi connectivity index (χ1v) is 23.8. The maximum Gasteiger partial charge on any atom is 0.171 e. The highest BCUT2D eigenvalue weighted by Crippen LogP contribution is 2.17. The molecule has 0 saturated carbocycles. The molecule has 1 rings (SSSR count). The van der Waals surface area contributed by atoms with E-state index in [0.717, 1.165) is 0 Å². The summed E-state index contributed by atoms with van der Waals surface area (Å²) < 4.78 is 2.58. The Kier molecular flexibility index (Phi) is 37.1. The van der Waals surface area contributed by atoms with Gasteiger partial charge in [0.2, 0.25) is 0 Å². The fourth-order valence-corrected chi connectivity index (χ4v) is 8.01. The third-order valence-electron chi connectivity index (χ3n) is 11.4. The molecule has 0 aromatic carbocycles. The second-order valence-corrected chi connectivity index (χ2v) is 16.7. The quantitative estimate of drug-likeness (QED) is 0.0474. The van der Waals surface area contributed by atoms with Crippen molar-refractivity contribution in [3.8, 4) is 0 Å². The van der Waals surface area contributed by atoms with Crippen LogP contribution >= 0.6 is 0 Å². The van der Waals surface area contributed by atoms with E-state index in [0.29, 0.717) is 0 Å². The molecular weight excluding hydrogens is 603 g/mol. The number of aromatic nitrogens is 1. The third kappa shape index (κ3) is 33.0. The summed E-state index contributed by atoms with van der Waals surface area (Å²) in [5, 5.41) is 0. The van der Waals surface area contributed by atoms with E-state index < -0.39 is 0 Å². The molecule has 0 radical (unpaired) electrons. The van der Waals surface area contributed by atoms with Gasteiger partial charge in [0.1, 0.15) is 6.54 Å². The SMILES string of the molecule is CCCCCCCCCCCCCCCCCc1cc(CCCCCCCCCCCCCCCCC)c[n+](CCCCCCCCCC)c1. The van der Waals surface area contributed by atoms with Gasteiger partial charge in [0.05, 0.1) is 0 Å². The summed E-state index contributed by atoms with van der Waals surface area (Å²) in [4.78, 5) is 0. The van der Waals surface area contributed by atoms with Gasteiger partial charge in [-0.25, -0.2) is 4.57 Å². The van der Waals surface area contributed by atoms with Crippen molar-refractivity contribution in [3.05, 3.63) is 29.6 Å². The minimum atomic E-state index is 1.22. The fraction of sp³-hybridized carbons (Fsp3) is 0.898. The Morgan fingerprint density at radius 3 is 0.760 bits per heavy atom. The maximum absolute atomic E-state index is 2.58. The van der Waals surface area contributed by atoms with Gasteiger partial charge in [-0.3, -0.25) is 0 Å². The zero-order valence-corrected chi connectivity index (χ0v) is 35.2. The number of unbranched alkanes of at least 4 members (excludes halogenated alkanes) is 35. The molecule has 1 aromatic heterocycles. The molecule has 0 unspecified atom stereocenters. The van der Waals surface area contributed by atoms with E-state index in [-0.39, 0.29) is 0 Å². The van der Waals surface area contributed by atoms with Crippen molar-refractivity contribution in [2.24, 2.45) is 0 Å². The van der Waals surface area contributed by atoms with Crippen LogP contribution in [-0.2, 0) is 19.4 Å². The minimum absolute atomic E-state index is 1.22. The van der Waals surface area contributed by atoms with Crippen molar-refractivity contribution in [1.29, 1.82) is 0 Å². The first-order valence-electron chi connectivity index (χ1n) is 23.8. The third-order valence-corrected chi connectivity index (χ3v) is 11.4. The summed E-state index contributed by atoms with van der Waals surface area (Å²) in [6.45, 7) is 8.16. The predicted octanol–water partition coefficient (Wildman–Crippen LogP) is 16.9. The maximum atomic E-state index is 2.58. The molecule has 0 N–H and O–H groups in total. The zero-order valence-electron chi connectivity index (χ0n) is 35.2. The molecule has 0 aliphatic heterocycles. The Morgan fingerprint density at radius 2 is 0.500 bits per heavy atom. The summed E-state index contributed by atoms with van der Waals surface area (Å²) in [5.41, 5.74) is 3.22. The van der Waals surface area contributed by atoms with Crippen LogP contribution in [0.15, 0.2) is 18.5 Å². The molecule has 0 aliphatic rings. The monoisotopic (exact) mass is 697 g/mol. The average Bonchev–Trinajstić information content (AvgIpc) is 3.12. The average molecular weight is 697 g/mol. The summed E-state index contributed by atoms with van der Waals surface area (Å²) in [6.07, 6.45) is 62.3. The summed E-state index contributed by atoms with van der Waals surface area (Å²) in [6, 6.07) is 2.58. The van der Waals surface area contributed by atoms with Gasteiger partial charge >= 0.3 is 0 Å². The lowest BCUT2D eigenvalue weighted by Gasteiger charge is -2.07. The van der Waals surface area contributed by atoms with Crippen molar-refractivity contribution in [2.75, 3.05) is 0 Å². The van der Waals surface area contributed by atoms with Crippen LogP contribution in [0.5, 0.6) is 0 Å². The van der Waals surface area contributed by atoms with E-state index in [2.05, 4.69) is 43.8 Å². The van der Waals surface area contributed by atoms with E-state index >= 15 is 0 Å². The van der Waals surface area contributed by atoms with Crippen LogP contribution in [0, 0.1) is 0 Å². The Bertz CT molecular complexity index is 731. The minimum Gasteiger partial charge on any atom is -0.205 e. The second-order valence-electron chi connectivity index (χ2n) is 16.7. The Hall–Kier alpha value is -0.850. The molecule has 0 bridgehead atoms. The molecule has 1 aromatic rings. The largest absolute Gasteiger partial charge is 0.205 e. The van der Waals surface area contributed by atoms with Crippen LogP contribution in [0.25, 0.3) is 0 Å². The van der Waals surface area contributed by atoms with Crippen molar-refractivity contribution in [2.45, 2.75) is 284 Å². The van der Waals surface area contributed by atoms with Crippen molar-refractivity contribution >= 4 is 0 Å². The lowest BCUT2D eigenvalue weighted by atomic mass is 10.0. The highest BCUT2D eigenvalue weighted by Gasteiger charge is 2.09. The molecule has 0 aliphatic carbocycles. The van der Waals surface area contributed by atoms with Crippen LogP contribution in [0.3, 0.4) is 0 Å². The van der Waals surface area contributed by atoms with Gasteiger partial charge in [0, 0.05) is 17.5 Å². The summed E-state index contributed by atoms with van der Waals surface area (Å²) in [5.74, 6) is 0. The highest BCUT2D eigenvalue weighted by molar-refractivity contribution is 5.15. The fourth-order valence-electron chi connectivity index (χ4n) is 8.01. The van der Waals surface area contributed by atoms with Gasteiger partial charge < -0.3 is 0 Å². The Labute approximate surface area is 317 Å². The molecule has 0 fully saturated rings. The molecule has 0 saturated heterocycles. The number of rotatable bonds is 41. The van der Waals surface area contributed by atoms with E-state index in [1.54, 1.807) is 11.1 Å². The number of hydrogen-bond acceptors (Lipinski definition) is 0. The second kappa shape index (κ2) is 39.4. The standard InChI is InChI=1S/C49H94N/c1-4-7-10-13-16-19-21-23-25-27-29-31-33-36-39-42-48-45-49(47-50(46-48)44-41-38-35-18-15-12-9-6-3)43-40-37-34-32-30-28-26-24-22-20-17-14-11-8-5-2/h45-47H,4-44H2,1-3H3/q+1. The molecule has 50 heavy (non-hydrogen) atoms. The van der Waals surface area contributed by atoms with Gasteiger partial charge in [-0.15, -0.1) is 0 Å². The summed E-state index contributed by atoms with van der Waals surface area (Å²) >= 11 is 0. The van der Waals surface area contributed by atoms with Crippen molar-refractivity contribution < 1.29 is 4.57 Å². The number of aryl methyl sites for hydroxylation is 3. The predicted molar refractivity (Wildman–Crippen MR) is 227 cm³/mol. The number of pyridine rings is 1. The Morgan fingerprint density at radius 1 is 0.280 bits per heavy atom. The van der Waals surface area contributed by atoms with Gasteiger partial charge in [-0.2, -0.15) is 0 Å². The molecule has 1 heterocycles. The van der Waals surface area contributed by atoms with Gasteiger partial charge in [0.15, 0.2) is 12.4 Å². The first-order chi connectivity index (χ1) is 24.8. The first kappa shape index (κ1) is 47.2. The molecule has 294 valence electrons. The van der Waals surface area contributed by atoms with Crippen molar-refractivity contribution in [3.63, 3.8) is 0 Å².